The van der Waals surface area contributed by atoms with Crippen molar-refractivity contribution in [1.29, 1.82) is 0 Å². The smallest absolute Gasteiger partial charge is 0.289 e. The summed E-state index contributed by atoms with van der Waals surface area (Å²) in [5, 5.41) is 11.5. The van der Waals surface area contributed by atoms with Crippen molar-refractivity contribution in [2.45, 2.75) is 6.54 Å². The van der Waals surface area contributed by atoms with Gasteiger partial charge < -0.3 is 9.32 Å². The zero-order valence-corrected chi connectivity index (χ0v) is 16.9. The first-order valence-corrected chi connectivity index (χ1v) is 9.98. The summed E-state index contributed by atoms with van der Waals surface area (Å²) in [5.74, 6) is 0.637. The number of hydrogen-bond acceptors (Lipinski definition) is 5. The Balaban J connectivity index is 1.35. The number of non-ortho nitro benzene ring substituents is 1. The molecule has 30 heavy (non-hydrogen) atoms. The number of rotatable bonds is 5. The van der Waals surface area contributed by atoms with Gasteiger partial charge in [-0.2, -0.15) is 0 Å². The molecule has 2 aromatic carbocycles. The Morgan fingerprint density at radius 1 is 0.967 bits per heavy atom. The number of nitro groups is 1. The average molecular weight is 426 g/mol. The fourth-order valence-electron chi connectivity index (χ4n) is 3.47. The van der Waals surface area contributed by atoms with Crippen LogP contribution in [0.15, 0.2) is 65.1 Å². The topological polar surface area (TPSA) is 79.8 Å². The van der Waals surface area contributed by atoms with E-state index in [0.29, 0.717) is 24.4 Å². The van der Waals surface area contributed by atoms with E-state index in [2.05, 4.69) is 4.90 Å². The molecule has 1 aromatic heterocycles. The minimum atomic E-state index is -0.451. The van der Waals surface area contributed by atoms with Crippen LogP contribution in [-0.4, -0.2) is 46.8 Å². The maximum atomic E-state index is 12.8. The number of amides is 1. The molecule has 1 amide bonds. The number of benzene rings is 2. The Hall–Kier alpha value is -3.16. The summed E-state index contributed by atoms with van der Waals surface area (Å²) in [4.78, 5) is 27.2. The average Bonchev–Trinajstić information content (AvgIpc) is 3.26. The third kappa shape index (κ3) is 4.53. The Morgan fingerprint density at radius 3 is 2.27 bits per heavy atom. The molecule has 7 nitrogen and oxygen atoms in total. The highest BCUT2D eigenvalue weighted by Gasteiger charge is 2.24. The molecule has 0 spiro atoms. The molecule has 0 radical (unpaired) electrons. The van der Waals surface area contributed by atoms with E-state index in [1.54, 1.807) is 29.2 Å². The van der Waals surface area contributed by atoms with E-state index in [0.717, 1.165) is 24.7 Å². The number of carbonyl (C=O) groups excluding carboxylic acids is 1. The number of hydrogen-bond donors (Lipinski definition) is 0. The van der Waals surface area contributed by atoms with Gasteiger partial charge in [0.15, 0.2) is 5.76 Å². The second-order valence-corrected chi connectivity index (χ2v) is 7.60. The molecule has 8 heteroatoms. The minimum Gasteiger partial charge on any atom is -0.451 e. The predicted molar refractivity (Wildman–Crippen MR) is 113 cm³/mol. The van der Waals surface area contributed by atoms with Crippen LogP contribution < -0.4 is 0 Å². The van der Waals surface area contributed by atoms with E-state index < -0.39 is 4.92 Å². The molecular formula is C22H20ClN3O4. The quantitative estimate of drug-likeness (QED) is 0.445. The lowest BCUT2D eigenvalue weighted by atomic mass is 10.1. The van der Waals surface area contributed by atoms with E-state index in [-0.39, 0.29) is 17.4 Å². The SMILES string of the molecule is O=C(c1ccc(-c2ccc([N+](=O)[O-])cc2)o1)N1CCN(Cc2ccc(Cl)cc2)CC1. The van der Waals surface area contributed by atoms with Gasteiger partial charge in [0.1, 0.15) is 5.76 Å². The summed E-state index contributed by atoms with van der Waals surface area (Å²) in [6, 6.07) is 17.2. The first-order valence-electron chi connectivity index (χ1n) is 9.60. The standard InChI is InChI=1S/C22H20ClN3O4/c23-18-5-1-16(2-6-18)15-24-11-13-25(14-12-24)22(27)21-10-9-20(30-21)17-3-7-19(8-4-17)26(28)29/h1-10H,11-15H2. The molecule has 0 atom stereocenters. The molecule has 0 saturated carbocycles. The molecule has 3 aromatic rings. The molecule has 0 bridgehead atoms. The van der Waals surface area contributed by atoms with Crippen LogP contribution in [0.3, 0.4) is 0 Å². The van der Waals surface area contributed by atoms with Crippen LogP contribution >= 0.6 is 11.6 Å². The fraction of sp³-hybridized carbons (Fsp3) is 0.227. The molecule has 1 aliphatic heterocycles. The molecule has 0 unspecified atom stereocenters. The normalized spacial score (nSPS) is 14.6. The minimum absolute atomic E-state index is 0.0121. The van der Waals surface area contributed by atoms with Gasteiger partial charge in [0, 0.05) is 55.4 Å². The molecule has 4 rings (SSSR count). The van der Waals surface area contributed by atoms with E-state index in [1.165, 1.54) is 17.7 Å². The van der Waals surface area contributed by atoms with E-state index in [9.17, 15) is 14.9 Å². The van der Waals surface area contributed by atoms with Gasteiger partial charge >= 0.3 is 0 Å². The van der Waals surface area contributed by atoms with E-state index >= 15 is 0 Å². The van der Waals surface area contributed by atoms with Gasteiger partial charge in [0.25, 0.3) is 11.6 Å². The zero-order chi connectivity index (χ0) is 21.1. The second-order valence-electron chi connectivity index (χ2n) is 7.16. The molecule has 154 valence electrons. The van der Waals surface area contributed by atoms with Crippen molar-refractivity contribution in [3.05, 3.63) is 87.1 Å². The summed E-state index contributed by atoms with van der Waals surface area (Å²) in [7, 11) is 0. The number of piperazine rings is 1. The predicted octanol–water partition coefficient (Wildman–Crippen LogP) is 4.47. The Labute approximate surface area is 178 Å². The fourth-order valence-corrected chi connectivity index (χ4v) is 3.59. The van der Waals surface area contributed by atoms with Crippen molar-refractivity contribution in [3.8, 4) is 11.3 Å². The van der Waals surface area contributed by atoms with Gasteiger partial charge in [0.2, 0.25) is 0 Å². The Kier molecular flexibility index (Phi) is 5.83. The van der Waals surface area contributed by atoms with Crippen LogP contribution in [0.4, 0.5) is 5.69 Å². The van der Waals surface area contributed by atoms with Crippen molar-refractivity contribution >= 4 is 23.2 Å². The van der Waals surface area contributed by atoms with Gasteiger partial charge in [-0.25, -0.2) is 0 Å². The molecule has 0 aliphatic carbocycles. The lowest BCUT2D eigenvalue weighted by Gasteiger charge is -2.34. The lowest BCUT2D eigenvalue weighted by Crippen LogP contribution is -2.48. The molecule has 1 saturated heterocycles. The number of carbonyl (C=O) groups is 1. The van der Waals surface area contributed by atoms with Crippen LogP contribution in [0, 0.1) is 10.1 Å². The first-order chi connectivity index (χ1) is 14.5. The van der Waals surface area contributed by atoms with Crippen LogP contribution in [0.1, 0.15) is 16.1 Å². The number of nitro benzene ring substituents is 1. The molecule has 0 N–H and O–H groups in total. The van der Waals surface area contributed by atoms with Crippen molar-refractivity contribution < 1.29 is 14.1 Å². The Bertz CT molecular complexity index is 1040. The van der Waals surface area contributed by atoms with Crippen LogP contribution in [-0.2, 0) is 6.54 Å². The van der Waals surface area contributed by atoms with E-state index in [1.807, 2.05) is 24.3 Å². The maximum absolute atomic E-state index is 12.8. The third-order valence-corrected chi connectivity index (χ3v) is 5.41. The Morgan fingerprint density at radius 2 is 1.63 bits per heavy atom. The van der Waals surface area contributed by atoms with Gasteiger partial charge in [-0.1, -0.05) is 23.7 Å². The van der Waals surface area contributed by atoms with Gasteiger partial charge in [0.05, 0.1) is 4.92 Å². The first kappa shape index (κ1) is 20.1. The summed E-state index contributed by atoms with van der Waals surface area (Å²) in [6.45, 7) is 3.64. The maximum Gasteiger partial charge on any atom is 0.289 e. The summed E-state index contributed by atoms with van der Waals surface area (Å²) in [6.07, 6.45) is 0. The summed E-state index contributed by atoms with van der Waals surface area (Å²) < 4.78 is 5.73. The van der Waals surface area contributed by atoms with Gasteiger partial charge in [-0.05, 0) is 42.0 Å². The highest BCUT2D eigenvalue weighted by molar-refractivity contribution is 6.30. The molecular weight excluding hydrogens is 406 g/mol. The highest BCUT2D eigenvalue weighted by atomic mass is 35.5. The van der Waals surface area contributed by atoms with Crippen molar-refractivity contribution in [1.82, 2.24) is 9.80 Å². The lowest BCUT2D eigenvalue weighted by molar-refractivity contribution is -0.384. The van der Waals surface area contributed by atoms with Crippen molar-refractivity contribution in [3.63, 3.8) is 0 Å². The highest BCUT2D eigenvalue weighted by Crippen LogP contribution is 2.25. The summed E-state index contributed by atoms with van der Waals surface area (Å²) in [5.41, 5.74) is 1.89. The number of halogens is 1. The molecule has 1 fully saturated rings. The number of nitrogens with zero attached hydrogens (tertiary/aromatic N) is 3. The second kappa shape index (κ2) is 8.69. The van der Waals surface area contributed by atoms with Crippen LogP contribution in [0.5, 0.6) is 0 Å². The van der Waals surface area contributed by atoms with Crippen molar-refractivity contribution in [2.24, 2.45) is 0 Å². The van der Waals surface area contributed by atoms with Crippen LogP contribution in [0.25, 0.3) is 11.3 Å². The van der Waals surface area contributed by atoms with Gasteiger partial charge in [-0.15, -0.1) is 0 Å². The van der Waals surface area contributed by atoms with Crippen molar-refractivity contribution in [2.75, 3.05) is 26.2 Å². The van der Waals surface area contributed by atoms with Crippen LogP contribution in [0.2, 0.25) is 5.02 Å². The van der Waals surface area contributed by atoms with Gasteiger partial charge in [-0.3, -0.25) is 19.8 Å². The third-order valence-electron chi connectivity index (χ3n) is 5.16. The number of furan rings is 1. The monoisotopic (exact) mass is 425 g/mol. The zero-order valence-electron chi connectivity index (χ0n) is 16.2. The largest absolute Gasteiger partial charge is 0.451 e. The molecule has 1 aliphatic rings. The summed E-state index contributed by atoms with van der Waals surface area (Å²) >= 11 is 5.93. The molecule has 2 heterocycles. The van der Waals surface area contributed by atoms with E-state index in [4.69, 9.17) is 16.0 Å².